The van der Waals surface area contributed by atoms with Crippen molar-refractivity contribution in [3.63, 3.8) is 0 Å². The number of amides is 1. The molecule has 0 radical (unpaired) electrons. The summed E-state index contributed by atoms with van der Waals surface area (Å²) in [7, 11) is -1.37. The predicted octanol–water partition coefficient (Wildman–Crippen LogP) is 2.79. The topological polar surface area (TPSA) is 65.2 Å². The lowest BCUT2D eigenvalue weighted by molar-refractivity contribution is 0.0460. The molecule has 1 amide bonds. The summed E-state index contributed by atoms with van der Waals surface area (Å²) in [5.41, 5.74) is 7.69. The number of aromatic nitrogens is 1. The van der Waals surface area contributed by atoms with Crippen molar-refractivity contribution in [2.24, 2.45) is 5.73 Å². The van der Waals surface area contributed by atoms with Gasteiger partial charge in [0.2, 0.25) is 0 Å². The van der Waals surface area contributed by atoms with E-state index in [1.54, 1.807) is 6.20 Å². The molecular formula is C13H20N2O2SSi. The molecule has 0 atom stereocenters. The predicted molar refractivity (Wildman–Crippen MR) is 80.8 cm³/mol. The van der Waals surface area contributed by atoms with Crippen LogP contribution in [0.25, 0.3) is 0 Å². The van der Waals surface area contributed by atoms with Gasteiger partial charge in [-0.3, -0.25) is 0 Å². The van der Waals surface area contributed by atoms with Gasteiger partial charge in [0.15, 0.2) is 0 Å². The first-order valence-corrected chi connectivity index (χ1v) is 10.4. The number of hydrogen-bond acceptors (Lipinski definition) is 4. The number of carbonyl (C=O) groups is 1. The molecule has 2 N–H and O–H groups in total. The van der Waals surface area contributed by atoms with Crippen molar-refractivity contribution < 1.29 is 9.53 Å². The maximum Gasteiger partial charge on any atom is 0.405 e. The summed E-state index contributed by atoms with van der Waals surface area (Å²) in [6, 6.07) is 0. The van der Waals surface area contributed by atoms with Gasteiger partial charge in [0.05, 0.1) is 16.1 Å². The van der Waals surface area contributed by atoms with Crippen LogP contribution in [0, 0.1) is 11.5 Å². The van der Waals surface area contributed by atoms with E-state index in [-0.39, 0.29) is 0 Å². The lowest BCUT2D eigenvalue weighted by Gasteiger charge is -2.22. The third-order valence-corrected chi connectivity index (χ3v) is 3.86. The first-order valence-electron chi connectivity index (χ1n) is 6.04. The molecule has 0 aliphatic rings. The molecule has 1 aromatic rings. The van der Waals surface area contributed by atoms with Crippen molar-refractivity contribution in [2.45, 2.75) is 45.5 Å². The van der Waals surface area contributed by atoms with Gasteiger partial charge in [-0.15, -0.1) is 16.9 Å². The van der Waals surface area contributed by atoms with E-state index in [4.69, 9.17) is 10.5 Å². The Hall–Kier alpha value is -1.32. The maximum absolute atomic E-state index is 10.8. The standard InChI is InChI=1S/C13H20N2O2SSi/c1-13(2,17-12(14)16)8-11-15-9-10(18-11)6-7-19(3,4)5/h9H,8H2,1-5H3,(H2,14,16). The fourth-order valence-corrected chi connectivity index (χ4v) is 2.96. The number of hydrogen-bond donors (Lipinski definition) is 1. The Labute approximate surface area is 119 Å². The number of nitrogens with two attached hydrogens (primary N) is 1. The molecule has 0 spiro atoms. The molecule has 104 valence electrons. The second kappa shape index (κ2) is 5.76. The van der Waals surface area contributed by atoms with Crippen LogP contribution in [0.4, 0.5) is 4.79 Å². The first kappa shape index (κ1) is 15.7. The number of nitrogens with zero attached hydrogens (tertiary/aromatic N) is 1. The van der Waals surface area contributed by atoms with Crippen LogP contribution in [-0.2, 0) is 11.2 Å². The van der Waals surface area contributed by atoms with Gasteiger partial charge >= 0.3 is 6.09 Å². The van der Waals surface area contributed by atoms with Gasteiger partial charge < -0.3 is 10.5 Å². The van der Waals surface area contributed by atoms with Gasteiger partial charge in [0.1, 0.15) is 13.7 Å². The first-order chi connectivity index (χ1) is 8.57. The van der Waals surface area contributed by atoms with Crippen LogP contribution in [0.2, 0.25) is 19.6 Å². The lowest BCUT2D eigenvalue weighted by Crippen LogP contribution is -2.33. The van der Waals surface area contributed by atoms with Crippen LogP contribution in [0.3, 0.4) is 0 Å². The number of primary amides is 1. The molecule has 0 aromatic carbocycles. The Morgan fingerprint density at radius 1 is 1.53 bits per heavy atom. The molecule has 4 nitrogen and oxygen atoms in total. The Balaban J connectivity index is 2.75. The van der Waals surface area contributed by atoms with E-state index < -0.39 is 19.8 Å². The van der Waals surface area contributed by atoms with Crippen molar-refractivity contribution >= 4 is 25.5 Å². The summed E-state index contributed by atoms with van der Waals surface area (Å²) in [5.74, 6) is 3.17. The zero-order valence-electron chi connectivity index (χ0n) is 12.0. The zero-order chi connectivity index (χ0) is 14.7. The highest BCUT2D eigenvalue weighted by molar-refractivity contribution is 7.12. The second-order valence-corrected chi connectivity index (χ2v) is 11.8. The number of carbonyl (C=O) groups excluding carboxylic acids is 1. The molecule has 0 unspecified atom stereocenters. The van der Waals surface area contributed by atoms with Crippen LogP contribution in [-0.4, -0.2) is 24.8 Å². The molecule has 6 heteroatoms. The van der Waals surface area contributed by atoms with Crippen molar-refractivity contribution in [1.82, 2.24) is 4.98 Å². The zero-order valence-corrected chi connectivity index (χ0v) is 13.9. The summed E-state index contributed by atoms with van der Waals surface area (Å²) in [6.07, 6.45) is 1.54. The van der Waals surface area contributed by atoms with E-state index >= 15 is 0 Å². The van der Waals surface area contributed by atoms with Gasteiger partial charge in [-0.1, -0.05) is 25.6 Å². The average Bonchev–Trinajstić information content (AvgIpc) is 2.58. The summed E-state index contributed by atoms with van der Waals surface area (Å²) >= 11 is 1.53. The van der Waals surface area contributed by atoms with E-state index in [1.807, 2.05) is 13.8 Å². The lowest BCUT2D eigenvalue weighted by atomic mass is 10.1. The molecular weight excluding hydrogens is 276 g/mol. The summed E-state index contributed by atoms with van der Waals surface area (Å²) < 4.78 is 5.04. The quantitative estimate of drug-likeness (QED) is 0.689. The van der Waals surface area contributed by atoms with E-state index in [0.717, 1.165) is 9.88 Å². The minimum absolute atomic E-state index is 0.537. The third-order valence-electron chi connectivity index (χ3n) is 2.07. The van der Waals surface area contributed by atoms with Crippen molar-refractivity contribution in [3.8, 4) is 11.5 Å². The minimum Gasteiger partial charge on any atom is -0.443 e. The van der Waals surface area contributed by atoms with Crippen molar-refractivity contribution in [3.05, 3.63) is 16.1 Å². The Bertz CT molecular complexity index is 521. The van der Waals surface area contributed by atoms with E-state index in [9.17, 15) is 4.79 Å². The van der Waals surface area contributed by atoms with Crippen LogP contribution >= 0.6 is 11.3 Å². The van der Waals surface area contributed by atoms with Crippen LogP contribution in [0.1, 0.15) is 23.7 Å². The molecule has 0 aliphatic carbocycles. The SMILES string of the molecule is CC(C)(Cc1ncc(C#C[Si](C)(C)C)s1)OC(N)=O. The average molecular weight is 296 g/mol. The molecule has 0 saturated heterocycles. The van der Waals surface area contributed by atoms with E-state index in [2.05, 4.69) is 36.1 Å². The highest BCUT2D eigenvalue weighted by atomic mass is 32.1. The molecule has 0 fully saturated rings. The Kier molecular flexibility index (Phi) is 4.77. The minimum atomic E-state index is -1.37. The molecule has 19 heavy (non-hydrogen) atoms. The van der Waals surface area contributed by atoms with E-state index in [0.29, 0.717) is 6.42 Å². The molecule has 1 aromatic heterocycles. The van der Waals surface area contributed by atoms with Gasteiger partial charge in [0, 0.05) is 6.42 Å². The number of thiazole rings is 1. The highest BCUT2D eigenvalue weighted by Crippen LogP contribution is 2.21. The Morgan fingerprint density at radius 2 is 2.16 bits per heavy atom. The van der Waals surface area contributed by atoms with Crippen LogP contribution in [0.15, 0.2) is 6.20 Å². The third kappa shape index (κ3) is 6.41. The number of ether oxygens (including phenoxy) is 1. The summed E-state index contributed by atoms with van der Waals surface area (Å²) in [4.78, 5) is 16.0. The number of rotatable bonds is 3. The molecule has 1 rings (SSSR count). The van der Waals surface area contributed by atoms with Crippen LogP contribution in [0.5, 0.6) is 0 Å². The van der Waals surface area contributed by atoms with Gasteiger partial charge in [-0.05, 0) is 13.8 Å². The molecule has 0 aliphatic heterocycles. The fraction of sp³-hybridized carbons (Fsp3) is 0.538. The van der Waals surface area contributed by atoms with Crippen molar-refractivity contribution in [1.29, 1.82) is 0 Å². The van der Waals surface area contributed by atoms with Crippen LogP contribution < -0.4 is 5.73 Å². The van der Waals surface area contributed by atoms with Gasteiger partial charge in [0.25, 0.3) is 0 Å². The fourth-order valence-electron chi connectivity index (χ4n) is 1.37. The highest BCUT2D eigenvalue weighted by Gasteiger charge is 2.23. The van der Waals surface area contributed by atoms with Gasteiger partial charge in [-0.2, -0.15) is 0 Å². The summed E-state index contributed by atoms with van der Waals surface area (Å²) in [5, 5.41) is 0.895. The second-order valence-electron chi connectivity index (χ2n) is 5.98. The normalized spacial score (nSPS) is 11.6. The monoisotopic (exact) mass is 296 g/mol. The van der Waals surface area contributed by atoms with Gasteiger partial charge in [-0.25, -0.2) is 9.78 Å². The Morgan fingerprint density at radius 3 is 2.68 bits per heavy atom. The maximum atomic E-state index is 10.8. The molecule has 1 heterocycles. The molecule has 0 bridgehead atoms. The molecule has 0 saturated carbocycles. The van der Waals surface area contributed by atoms with Crippen molar-refractivity contribution in [2.75, 3.05) is 0 Å². The summed E-state index contributed by atoms with van der Waals surface area (Å²) in [6.45, 7) is 10.2. The largest absolute Gasteiger partial charge is 0.443 e. The smallest absolute Gasteiger partial charge is 0.405 e. The van der Waals surface area contributed by atoms with E-state index in [1.165, 1.54) is 11.3 Å².